The van der Waals surface area contributed by atoms with Gasteiger partial charge in [0.2, 0.25) is 0 Å². The van der Waals surface area contributed by atoms with E-state index in [1.807, 2.05) is 45.9 Å². The van der Waals surface area contributed by atoms with Crippen molar-refractivity contribution >= 4 is 11.6 Å². The van der Waals surface area contributed by atoms with Crippen LogP contribution in [0.4, 0.5) is 0 Å². The lowest BCUT2D eigenvalue weighted by Gasteiger charge is -1.93. The van der Waals surface area contributed by atoms with Crippen LogP contribution < -0.4 is 0 Å². The third-order valence-corrected chi connectivity index (χ3v) is 1.53. The monoisotopic (exact) mass is 200 g/mol. The number of aryl methyl sites for hydroxylation is 1. The quantitative estimate of drug-likeness (QED) is 0.602. The largest absolute Gasteiger partial charge is 0.0843 e. The summed E-state index contributed by atoms with van der Waals surface area (Å²) in [6, 6.07) is 7.93. The second kappa shape index (κ2) is 11.5. The van der Waals surface area contributed by atoms with Crippen LogP contribution in [0.3, 0.4) is 0 Å². The van der Waals surface area contributed by atoms with E-state index in [9.17, 15) is 0 Å². The van der Waals surface area contributed by atoms with Crippen LogP contribution in [0.25, 0.3) is 0 Å². The number of hydrogen-bond donors (Lipinski definition) is 0. The van der Waals surface area contributed by atoms with Crippen molar-refractivity contribution in [1.82, 2.24) is 0 Å². The Morgan fingerprint density at radius 3 is 1.92 bits per heavy atom. The molecule has 0 atom stereocenters. The van der Waals surface area contributed by atoms with Gasteiger partial charge in [-0.2, -0.15) is 0 Å². The maximum absolute atomic E-state index is 5.72. The third kappa shape index (κ3) is 7.86. The van der Waals surface area contributed by atoms with Crippen LogP contribution in [0.5, 0.6) is 0 Å². The molecule has 13 heavy (non-hydrogen) atoms. The van der Waals surface area contributed by atoms with Crippen LogP contribution >= 0.6 is 11.6 Å². The molecule has 0 aliphatic heterocycles. The molecule has 0 aliphatic carbocycles. The molecule has 1 rings (SSSR count). The van der Waals surface area contributed by atoms with E-state index in [1.165, 1.54) is 5.56 Å². The molecule has 0 fully saturated rings. The topological polar surface area (TPSA) is 0 Å². The molecule has 1 aromatic carbocycles. The van der Waals surface area contributed by atoms with Crippen LogP contribution in [-0.4, -0.2) is 0 Å². The summed E-state index contributed by atoms with van der Waals surface area (Å²) in [5.41, 5.74) is 1.29. The molecule has 0 heterocycles. The molecule has 0 N–H and O–H groups in total. The summed E-state index contributed by atoms with van der Waals surface area (Å²) in [5, 5.41) is 0.828. The van der Waals surface area contributed by atoms with Gasteiger partial charge in [-0.3, -0.25) is 0 Å². The minimum Gasteiger partial charge on any atom is -0.0843 e. The van der Waals surface area contributed by atoms with Gasteiger partial charge in [-0.1, -0.05) is 58.4 Å². The van der Waals surface area contributed by atoms with Crippen LogP contribution in [0, 0.1) is 0 Å². The van der Waals surface area contributed by atoms with Gasteiger partial charge in [0.25, 0.3) is 0 Å². The number of benzene rings is 1. The van der Waals surface area contributed by atoms with E-state index in [1.54, 1.807) is 0 Å². The van der Waals surface area contributed by atoms with Crippen molar-refractivity contribution in [2.45, 2.75) is 41.0 Å². The van der Waals surface area contributed by atoms with E-state index in [0.717, 1.165) is 11.4 Å². The Hall–Kier alpha value is -0.490. The highest BCUT2D eigenvalue weighted by Crippen LogP contribution is 2.10. The van der Waals surface area contributed by atoms with Gasteiger partial charge in [-0.15, -0.1) is 0 Å². The molecule has 1 heteroatoms. The molecule has 0 saturated carbocycles. The number of halogens is 1. The molecule has 0 nitrogen and oxygen atoms in total. The predicted molar refractivity (Wildman–Crippen MR) is 63.5 cm³/mol. The van der Waals surface area contributed by atoms with Gasteiger partial charge in [-0.25, -0.2) is 0 Å². The minimum absolute atomic E-state index is 0.828. The standard InChI is InChI=1S/C8H9Cl.2C2H6/c1-2-7-4-3-5-8(9)6-7;2*1-2/h3-6H,2H2,1H3;2*1-2H3. The molecule has 0 saturated heterocycles. The maximum atomic E-state index is 5.72. The van der Waals surface area contributed by atoms with Gasteiger partial charge in [-0.05, 0) is 24.1 Å². The Balaban J connectivity index is 0. The fourth-order valence-corrected chi connectivity index (χ4v) is 0.970. The van der Waals surface area contributed by atoms with Gasteiger partial charge in [0.1, 0.15) is 0 Å². The molecule has 0 spiro atoms. The normalized spacial score (nSPS) is 7.54. The molecule has 0 aliphatic rings. The van der Waals surface area contributed by atoms with E-state index in [2.05, 4.69) is 13.0 Å². The molecular formula is C12H21Cl. The SMILES string of the molecule is CC.CC.CCc1cccc(Cl)c1. The smallest absolute Gasteiger partial charge is 0.0408 e. The van der Waals surface area contributed by atoms with Gasteiger partial charge in [0.05, 0.1) is 0 Å². The second-order valence-corrected chi connectivity index (χ2v) is 2.42. The average molecular weight is 201 g/mol. The Bertz CT molecular complexity index is 194. The second-order valence-electron chi connectivity index (χ2n) is 1.98. The molecule has 0 unspecified atom stereocenters. The maximum Gasteiger partial charge on any atom is 0.0408 e. The molecule has 1 aromatic rings. The summed E-state index contributed by atoms with van der Waals surface area (Å²) in [5.74, 6) is 0. The van der Waals surface area contributed by atoms with Crippen molar-refractivity contribution in [2.75, 3.05) is 0 Å². The van der Waals surface area contributed by atoms with Gasteiger partial charge in [0.15, 0.2) is 0 Å². The van der Waals surface area contributed by atoms with E-state index in [4.69, 9.17) is 11.6 Å². The molecule has 0 aromatic heterocycles. The van der Waals surface area contributed by atoms with Gasteiger partial charge in [0, 0.05) is 5.02 Å². The number of hydrogen-bond acceptors (Lipinski definition) is 0. The van der Waals surface area contributed by atoms with E-state index < -0.39 is 0 Å². The summed E-state index contributed by atoms with van der Waals surface area (Å²) in [4.78, 5) is 0. The zero-order valence-corrected chi connectivity index (χ0v) is 10.2. The first-order valence-electron chi connectivity index (χ1n) is 5.07. The van der Waals surface area contributed by atoms with Crippen molar-refractivity contribution < 1.29 is 0 Å². The summed E-state index contributed by atoms with van der Waals surface area (Å²) in [6.07, 6.45) is 1.06. The predicted octanol–water partition coefficient (Wildman–Crippen LogP) is 4.95. The summed E-state index contributed by atoms with van der Waals surface area (Å²) in [7, 11) is 0. The fraction of sp³-hybridized carbons (Fsp3) is 0.500. The zero-order chi connectivity index (χ0) is 10.7. The summed E-state index contributed by atoms with van der Waals surface area (Å²) in [6.45, 7) is 10.1. The molecule has 0 bridgehead atoms. The van der Waals surface area contributed by atoms with Crippen LogP contribution in [0.2, 0.25) is 5.02 Å². The van der Waals surface area contributed by atoms with E-state index in [0.29, 0.717) is 0 Å². The Labute approximate surface area is 87.9 Å². The van der Waals surface area contributed by atoms with Crippen molar-refractivity contribution in [3.8, 4) is 0 Å². The van der Waals surface area contributed by atoms with Crippen molar-refractivity contribution in [2.24, 2.45) is 0 Å². The summed E-state index contributed by atoms with van der Waals surface area (Å²) >= 11 is 5.72. The molecule has 0 radical (unpaired) electrons. The van der Waals surface area contributed by atoms with Crippen LogP contribution in [0.1, 0.15) is 40.2 Å². The first kappa shape index (κ1) is 15.0. The van der Waals surface area contributed by atoms with Crippen molar-refractivity contribution in [3.05, 3.63) is 34.9 Å². The zero-order valence-electron chi connectivity index (χ0n) is 9.39. The molecular weight excluding hydrogens is 180 g/mol. The Kier molecular flexibility index (Phi) is 13.3. The highest BCUT2D eigenvalue weighted by atomic mass is 35.5. The first-order chi connectivity index (χ1) is 6.33. The van der Waals surface area contributed by atoms with Gasteiger partial charge >= 0.3 is 0 Å². The molecule has 76 valence electrons. The summed E-state index contributed by atoms with van der Waals surface area (Å²) < 4.78 is 0. The number of rotatable bonds is 1. The van der Waals surface area contributed by atoms with Crippen molar-refractivity contribution in [3.63, 3.8) is 0 Å². The Morgan fingerprint density at radius 1 is 1.08 bits per heavy atom. The average Bonchev–Trinajstić information content (AvgIpc) is 2.24. The third-order valence-electron chi connectivity index (χ3n) is 1.30. The molecule has 0 amide bonds. The first-order valence-corrected chi connectivity index (χ1v) is 5.45. The highest BCUT2D eigenvalue weighted by Gasteiger charge is 1.87. The van der Waals surface area contributed by atoms with E-state index >= 15 is 0 Å². The lowest BCUT2D eigenvalue weighted by molar-refractivity contribution is 1.14. The highest BCUT2D eigenvalue weighted by molar-refractivity contribution is 6.30. The van der Waals surface area contributed by atoms with Crippen molar-refractivity contribution in [1.29, 1.82) is 0 Å². The van der Waals surface area contributed by atoms with Crippen LogP contribution in [0.15, 0.2) is 24.3 Å². The van der Waals surface area contributed by atoms with Crippen LogP contribution in [-0.2, 0) is 6.42 Å². The fourth-order valence-electron chi connectivity index (χ4n) is 0.757. The Morgan fingerprint density at radius 2 is 1.62 bits per heavy atom. The van der Waals surface area contributed by atoms with Gasteiger partial charge < -0.3 is 0 Å². The van der Waals surface area contributed by atoms with E-state index in [-0.39, 0.29) is 0 Å². The lowest BCUT2D eigenvalue weighted by Crippen LogP contribution is -1.76. The lowest BCUT2D eigenvalue weighted by atomic mass is 10.2. The minimum atomic E-state index is 0.828.